The number of hydrogen-bond acceptors (Lipinski definition) is 4. The summed E-state index contributed by atoms with van der Waals surface area (Å²) in [6.45, 7) is 0. The van der Waals surface area contributed by atoms with Crippen molar-refractivity contribution in [1.29, 1.82) is 0 Å². The number of rotatable bonds is 7. The van der Waals surface area contributed by atoms with Crippen molar-refractivity contribution >= 4 is 17.8 Å². The van der Waals surface area contributed by atoms with Gasteiger partial charge >= 0.3 is 24.3 Å². The summed E-state index contributed by atoms with van der Waals surface area (Å²) < 4.78 is 53.0. The maximum absolute atomic E-state index is 12.6. The molecule has 0 rings (SSSR count). The Bertz CT molecular complexity index is 361. The predicted octanol–water partition coefficient (Wildman–Crippen LogP) is 0.409. The van der Waals surface area contributed by atoms with Crippen molar-refractivity contribution in [2.75, 3.05) is 7.11 Å². The minimum atomic E-state index is -5.00. The SMILES string of the molecule is COC(=O)CC[C@H](NC(=O)C(F)(F)C(F)F)C(=O)O. The topological polar surface area (TPSA) is 92.7 Å². The molecule has 1 amide bonds. The first-order valence-corrected chi connectivity index (χ1v) is 4.89. The summed E-state index contributed by atoms with van der Waals surface area (Å²) in [5.41, 5.74) is 0. The third-order valence-corrected chi connectivity index (χ3v) is 2.05. The molecule has 2 N–H and O–H groups in total. The van der Waals surface area contributed by atoms with Crippen LogP contribution in [0.25, 0.3) is 0 Å². The van der Waals surface area contributed by atoms with Gasteiger partial charge < -0.3 is 15.2 Å². The fraction of sp³-hybridized carbons (Fsp3) is 0.667. The lowest BCUT2D eigenvalue weighted by Crippen LogP contribution is -2.51. The number of carbonyl (C=O) groups excluding carboxylic acids is 2. The third kappa shape index (κ3) is 5.10. The number of aliphatic carboxylic acids is 1. The van der Waals surface area contributed by atoms with Crippen molar-refractivity contribution in [1.82, 2.24) is 5.32 Å². The molecule has 0 aliphatic heterocycles. The lowest BCUT2D eigenvalue weighted by Gasteiger charge is -2.18. The van der Waals surface area contributed by atoms with Gasteiger partial charge in [-0.15, -0.1) is 0 Å². The molecular formula is C9H11F4NO5. The molecule has 0 saturated heterocycles. The van der Waals surface area contributed by atoms with Crippen LogP contribution in [0, 0.1) is 0 Å². The van der Waals surface area contributed by atoms with E-state index in [4.69, 9.17) is 5.11 Å². The molecule has 6 nitrogen and oxygen atoms in total. The van der Waals surface area contributed by atoms with Crippen molar-refractivity contribution in [2.45, 2.75) is 31.2 Å². The van der Waals surface area contributed by atoms with Gasteiger partial charge in [0, 0.05) is 6.42 Å². The molecule has 0 saturated carbocycles. The molecule has 0 unspecified atom stereocenters. The minimum absolute atomic E-state index is 0.478. The zero-order valence-electron chi connectivity index (χ0n) is 9.66. The molecule has 10 heteroatoms. The number of ether oxygens (including phenoxy) is 1. The molecule has 0 spiro atoms. The van der Waals surface area contributed by atoms with Crippen LogP contribution in [0.3, 0.4) is 0 Å². The van der Waals surface area contributed by atoms with Crippen LogP contribution >= 0.6 is 0 Å². The smallest absolute Gasteiger partial charge is 0.383 e. The standard InChI is InChI=1S/C9H11F4NO5/c1-19-5(15)3-2-4(6(16)17)14-8(18)9(12,13)7(10)11/h4,7H,2-3H2,1H3,(H,14,18)(H,16,17)/t4-/m0/s1. The minimum Gasteiger partial charge on any atom is -0.480 e. The average Bonchev–Trinajstić information content (AvgIpc) is 2.32. The summed E-state index contributed by atoms with van der Waals surface area (Å²) in [4.78, 5) is 32.2. The Kier molecular flexibility index (Phi) is 6.22. The van der Waals surface area contributed by atoms with Crippen LogP contribution < -0.4 is 5.32 Å². The van der Waals surface area contributed by atoms with Gasteiger partial charge in [-0.3, -0.25) is 9.59 Å². The lowest BCUT2D eigenvalue weighted by atomic mass is 10.1. The first kappa shape index (κ1) is 17.1. The fourth-order valence-electron chi connectivity index (χ4n) is 0.975. The van der Waals surface area contributed by atoms with E-state index in [2.05, 4.69) is 4.74 Å². The number of amides is 1. The van der Waals surface area contributed by atoms with E-state index in [1.54, 1.807) is 0 Å². The molecule has 0 fully saturated rings. The summed E-state index contributed by atoms with van der Waals surface area (Å²) in [7, 11) is 1.02. The average molecular weight is 289 g/mol. The number of hydrogen-bond donors (Lipinski definition) is 2. The number of halogens is 4. The number of esters is 1. The van der Waals surface area contributed by atoms with E-state index in [1.165, 1.54) is 5.32 Å². The monoisotopic (exact) mass is 289 g/mol. The van der Waals surface area contributed by atoms with Gasteiger partial charge in [0.2, 0.25) is 0 Å². The Morgan fingerprint density at radius 2 is 1.84 bits per heavy atom. The summed E-state index contributed by atoms with van der Waals surface area (Å²) in [6.07, 6.45) is -5.30. The summed E-state index contributed by atoms with van der Waals surface area (Å²) in [5.74, 6) is -9.98. The molecule has 0 bridgehead atoms. The van der Waals surface area contributed by atoms with Gasteiger partial charge in [-0.1, -0.05) is 0 Å². The molecule has 0 radical (unpaired) electrons. The normalized spacial score (nSPS) is 12.9. The highest BCUT2D eigenvalue weighted by Gasteiger charge is 2.49. The van der Waals surface area contributed by atoms with Crippen LogP contribution in [-0.2, 0) is 19.1 Å². The van der Waals surface area contributed by atoms with E-state index >= 15 is 0 Å². The molecule has 1 atom stereocenters. The van der Waals surface area contributed by atoms with Crippen LogP contribution in [0.5, 0.6) is 0 Å². The van der Waals surface area contributed by atoms with E-state index in [0.717, 1.165) is 7.11 Å². The highest BCUT2D eigenvalue weighted by atomic mass is 19.3. The molecule has 0 heterocycles. The first-order valence-electron chi connectivity index (χ1n) is 4.89. The van der Waals surface area contributed by atoms with Crippen LogP contribution in [0.4, 0.5) is 17.6 Å². The molecule has 0 aromatic rings. The van der Waals surface area contributed by atoms with Crippen molar-refractivity contribution in [3.63, 3.8) is 0 Å². The Balaban J connectivity index is 4.64. The van der Waals surface area contributed by atoms with Gasteiger partial charge in [-0.25, -0.2) is 13.6 Å². The highest BCUT2D eigenvalue weighted by Crippen LogP contribution is 2.23. The van der Waals surface area contributed by atoms with Crippen molar-refractivity contribution in [3.05, 3.63) is 0 Å². The van der Waals surface area contributed by atoms with Crippen LogP contribution in [-0.4, -0.2) is 48.5 Å². The number of methoxy groups -OCH3 is 1. The number of carboxylic acid groups (broad SMARTS) is 1. The largest absolute Gasteiger partial charge is 0.480 e. The number of carbonyl (C=O) groups is 3. The second-order valence-electron chi connectivity index (χ2n) is 3.40. The quantitative estimate of drug-likeness (QED) is 0.523. The molecule has 0 aromatic heterocycles. The van der Waals surface area contributed by atoms with Crippen LogP contribution in [0.2, 0.25) is 0 Å². The van der Waals surface area contributed by atoms with E-state index in [9.17, 15) is 31.9 Å². The maximum atomic E-state index is 12.6. The Hall–Kier alpha value is -1.87. The number of alkyl halides is 4. The van der Waals surface area contributed by atoms with E-state index in [-0.39, 0.29) is 0 Å². The molecule has 0 aliphatic carbocycles. The predicted molar refractivity (Wildman–Crippen MR) is 51.8 cm³/mol. The molecule has 19 heavy (non-hydrogen) atoms. The van der Waals surface area contributed by atoms with E-state index in [0.29, 0.717) is 0 Å². The number of nitrogens with one attached hydrogen (secondary N) is 1. The van der Waals surface area contributed by atoms with Crippen molar-refractivity contribution in [3.8, 4) is 0 Å². The third-order valence-electron chi connectivity index (χ3n) is 2.05. The number of carboxylic acids is 1. The maximum Gasteiger partial charge on any atom is 0.383 e. The zero-order chi connectivity index (χ0) is 15.2. The zero-order valence-corrected chi connectivity index (χ0v) is 9.66. The van der Waals surface area contributed by atoms with Gasteiger partial charge in [0.25, 0.3) is 5.91 Å². The Morgan fingerprint density at radius 1 is 1.32 bits per heavy atom. The summed E-state index contributed by atoms with van der Waals surface area (Å²) >= 11 is 0. The van der Waals surface area contributed by atoms with E-state index < -0.39 is 49.1 Å². The lowest BCUT2D eigenvalue weighted by molar-refractivity contribution is -0.171. The van der Waals surface area contributed by atoms with Gasteiger partial charge in [-0.05, 0) is 6.42 Å². The Morgan fingerprint density at radius 3 is 2.21 bits per heavy atom. The molecular weight excluding hydrogens is 278 g/mol. The molecule has 0 aromatic carbocycles. The highest BCUT2D eigenvalue weighted by molar-refractivity contribution is 5.88. The second-order valence-corrected chi connectivity index (χ2v) is 3.40. The molecule has 110 valence electrons. The summed E-state index contributed by atoms with van der Waals surface area (Å²) in [5, 5.41) is 9.85. The molecule has 0 aliphatic rings. The van der Waals surface area contributed by atoms with Crippen molar-refractivity contribution < 1.29 is 41.8 Å². The van der Waals surface area contributed by atoms with Crippen LogP contribution in [0.15, 0.2) is 0 Å². The van der Waals surface area contributed by atoms with Gasteiger partial charge in [0.05, 0.1) is 7.11 Å². The van der Waals surface area contributed by atoms with Gasteiger partial charge in [0.15, 0.2) is 0 Å². The van der Waals surface area contributed by atoms with Gasteiger partial charge in [-0.2, -0.15) is 8.78 Å². The summed E-state index contributed by atoms with van der Waals surface area (Å²) in [6, 6.07) is -1.89. The van der Waals surface area contributed by atoms with E-state index in [1.807, 2.05) is 0 Å². The van der Waals surface area contributed by atoms with Crippen molar-refractivity contribution in [2.24, 2.45) is 0 Å². The van der Waals surface area contributed by atoms with Crippen LogP contribution in [0.1, 0.15) is 12.8 Å². The van der Waals surface area contributed by atoms with Gasteiger partial charge in [0.1, 0.15) is 6.04 Å². The Labute approximate surface area is 104 Å². The second kappa shape index (κ2) is 6.90. The first-order chi connectivity index (χ1) is 8.62. The fourth-order valence-corrected chi connectivity index (χ4v) is 0.975.